The fourth-order valence-corrected chi connectivity index (χ4v) is 2.19. The van der Waals surface area contributed by atoms with Crippen molar-refractivity contribution < 1.29 is 9.90 Å². The summed E-state index contributed by atoms with van der Waals surface area (Å²) in [6.45, 7) is 5.26. The summed E-state index contributed by atoms with van der Waals surface area (Å²) in [7, 11) is 0. The summed E-state index contributed by atoms with van der Waals surface area (Å²) in [6, 6.07) is 1.69. The van der Waals surface area contributed by atoms with E-state index >= 15 is 0 Å². The second-order valence-electron chi connectivity index (χ2n) is 4.45. The van der Waals surface area contributed by atoms with Crippen molar-refractivity contribution in [1.29, 1.82) is 0 Å². The van der Waals surface area contributed by atoms with Crippen LogP contribution in [0.5, 0.6) is 0 Å². The minimum absolute atomic E-state index is 0.0238. The van der Waals surface area contributed by atoms with Crippen LogP contribution in [0.3, 0.4) is 0 Å². The average Bonchev–Trinajstić information content (AvgIpc) is 2.39. The normalized spacial score (nSPS) is 20.6. The first-order valence-corrected chi connectivity index (χ1v) is 6.24. The molecule has 0 bridgehead atoms. The Morgan fingerprint density at radius 3 is 3.22 bits per heavy atom. The third-order valence-electron chi connectivity index (χ3n) is 3.16. The number of piperidine rings is 1. The molecule has 6 nitrogen and oxygen atoms in total. The number of aromatic carboxylic acids is 1. The molecule has 0 aliphatic carbocycles. The molecular formula is C12H18N4O2. The highest BCUT2D eigenvalue weighted by Gasteiger charge is 2.19. The van der Waals surface area contributed by atoms with Gasteiger partial charge in [-0.1, -0.05) is 6.92 Å². The van der Waals surface area contributed by atoms with Crippen molar-refractivity contribution in [3.63, 3.8) is 0 Å². The van der Waals surface area contributed by atoms with Crippen LogP contribution in [0.15, 0.2) is 12.3 Å². The summed E-state index contributed by atoms with van der Waals surface area (Å²) in [6.07, 6.45) is 3.68. The van der Waals surface area contributed by atoms with E-state index in [0.717, 1.165) is 32.5 Å². The number of likely N-dealkylation sites (tertiary alicyclic amines) is 1. The summed E-state index contributed by atoms with van der Waals surface area (Å²) < 4.78 is 0. The number of nitrogens with one attached hydrogen (secondary N) is 1. The van der Waals surface area contributed by atoms with Crippen LogP contribution < -0.4 is 5.32 Å². The first-order valence-electron chi connectivity index (χ1n) is 6.24. The summed E-state index contributed by atoms with van der Waals surface area (Å²) in [5.41, 5.74) is 0.0238. The minimum atomic E-state index is -1.03. The van der Waals surface area contributed by atoms with Crippen LogP contribution in [-0.2, 0) is 0 Å². The Hall–Kier alpha value is -1.69. The van der Waals surface area contributed by atoms with Crippen LogP contribution in [0.4, 0.5) is 5.95 Å². The molecule has 0 amide bonds. The maximum absolute atomic E-state index is 10.8. The van der Waals surface area contributed by atoms with Gasteiger partial charge in [0, 0.05) is 18.8 Å². The van der Waals surface area contributed by atoms with Crippen LogP contribution >= 0.6 is 0 Å². The van der Waals surface area contributed by atoms with E-state index in [0.29, 0.717) is 12.0 Å². The number of rotatable bonds is 4. The number of aromatic nitrogens is 2. The summed E-state index contributed by atoms with van der Waals surface area (Å²) in [5, 5.41) is 12.1. The fraction of sp³-hybridized carbons (Fsp3) is 0.583. The van der Waals surface area contributed by atoms with Crippen LogP contribution in [0, 0.1) is 0 Å². The maximum Gasteiger partial charge on any atom is 0.354 e. The second kappa shape index (κ2) is 5.77. The highest BCUT2D eigenvalue weighted by molar-refractivity contribution is 5.85. The monoisotopic (exact) mass is 250 g/mol. The van der Waals surface area contributed by atoms with Gasteiger partial charge < -0.3 is 15.3 Å². The van der Waals surface area contributed by atoms with Gasteiger partial charge >= 0.3 is 5.97 Å². The molecule has 0 saturated carbocycles. The number of hydrogen-bond acceptors (Lipinski definition) is 5. The number of carbonyl (C=O) groups is 1. The SMILES string of the molecule is CCN1CCCC(Nc2nccc(C(=O)O)n2)C1. The van der Waals surface area contributed by atoms with E-state index in [-0.39, 0.29) is 5.69 Å². The fourth-order valence-electron chi connectivity index (χ4n) is 2.19. The Bertz CT molecular complexity index is 424. The maximum atomic E-state index is 10.8. The summed E-state index contributed by atoms with van der Waals surface area (Å²) in [4.78, 5) is 21.2. The Kier molecular flexibility index (Phi) is 4.09. The van der Waals surface area contributed by atoms with Crippen LogP contribution in [0.1, 0.15) is 30.3 Å². The van der Waals surface area contributed by atoms with Gasteiger partial charge in [-0.25, -0.2) is 14.8 Å². The van der Waals surface area contributed by atoms with Crippen molar-refractivity contribution in [2.75, 3.05) is 25.0 Å². The van der Waals surface area contributed by atoms with E-state index < -0.39 is 5.97 Å². The molecule has 18 heavy (non-hydrogen) atoms. The molecule has 1 aromatic rings. The zero-order valence-corrected chi connectivity index (χ0v) is 10.5. The lowest BCUT2D eigenvalue weighted by molar-refractivity contribution is 0.0690. The Balaban J connectivity index is 2.00. The lowest BCUT2D eigenvalue weighted by Gasteiger charge is -2.32. The van der Waals surface area contributed by atoms with Crippen molar-refractivity contribution in [1.82, 2.24) is 14.9 Å². The van der Waals surface area contributed by atoms with Gasteiger partial charge in [-0.15, -0.1) is 0 Å². The van der Waals surface area contributed by atoms with Gasteiger partial charge in [0.05, 0.1) is 0 Å². The highest BCUT2D eigenvalue weighted by Crippen LogP contribution is 2.13. The molecule has 1 fully saturated rings. The number of anilines is 1. The predicted molar refractivity (Wildman–Crippen MR) is 67.8 cm³/mol. The topological polar surface area (TPSA) is 78.4 Å². The van der Waals surface area contributed by atoms with Crippen molar-refractivity contribution in [2.45, 2.75) is 25.8 Å². The first kappa shape index (κ1) is 12.8. The molecule has 1 aliphatic rings. The molecular weight excluding hydrogens is 232 g/mol. The molecule has 2 heterocycles. The molecule has 1 aromatic heterocycles. The number of carboxylic acids is 1. The summed E-state index contributed by atoms with van der Waals surface area (Å²) >= 11 is 0. The van der Waals surface area contributed by atoms with Gasteiger partial charge in [0.25, 0.3) is 0 Å². The summed E-state index contributed by atoms with van der Waals surface area (Å²) in [5.74, 6) is -0.628. The van der Waals surface area contributed by atoms with Crippen LogP contribution in [0.2, 0.25) is 0 Å². The van der Waals surface area contributed by atoms with Gasteiger partial charge in [-0.05, 0) is 32.0 Å². The number of hydrogen-bond donors (Lipinski definition) is 2. The lowest BCUT2D eigenvalue weighted by Crippen LogP contribution is -2.42. The van der Waals surface area contributed by atoms with Gasteiger partial charge in [-0.2, -0.15) is 0 Å². The zero-order chi connectivity index (χ0) is 13.0. The van der Waals surface area contributed by atoms with Crippen molar-refractivity contribution in [3.05, 3.63) is 18.0 Å². The van der Waals surface area contributed by atoms with E-state index in [4.69, 9.17) is 5.11 Å². The van der Waals surface area contributed by atoms with E-state index in [1.807, 2.05) is 0 Å². The smallest absolute Gasteiger partial charge is 0.354 e. The molecule has 0 aromatic carbocycles. The molecule has 1 unspecified atom stereocenters. The molecule has 98 valence electrons. The molecule has 1 atom stereocenters. The van der Waals surface area contributed by atoms with Crippen molar-refractivity contribution in [2.24, 2.45) is 0 Å². The third kappa shape index (κ3) is 3.16. The third-order valence-corrected chi connectivity index (χ3v) is 3.16. The lowest BCUT2D eigenvalue weighted by atomic mass is 10.1. The second-order valence-corrected chi connectivity index (χ2v) is 4.45. The largest absolute Gasteiger partial charge is 0.477 e. The van der Waals surface area contributed by atoms with Crippen molar-refractivity contribution >= 4 is 11.9 Å². The molecule has 6 heteroatoms. The number of carboxylic acid groups (broad SMARTS) is 1. The van der Waals surface area contributed by atoms with E-state index in [1.165, 1.54) is 12.3 Å². The van der Waals surface area contributed by atoms with Gasteiger partial charge in [0.15, 0.2) is 5.69 Å². The van der Waals surface area contributed by atoms with Crippen molar-refractivity contribution in [3.8, 4) is 0 Å². The predicted octanol–water partition coefficient (Wildman–Crippen LogP) is 1.07. The molecule has 2 rings (SSSR count). The van der Waals surface area contributed by atoms with Crippen LogP contribution in [0.25, 0.3) is 0 Å². The zero-order valence-electron chi connectivity index (χ0n) is 10.5. The molecule has 0 spiro atoms. The molecule has 2 N–H and O–H groups in total. The van der Waals surface area contributed by atoms with Gasteiger partial charge in [0.1, 0.15) is 0 Å². The minimum Gasteiger partial charge on any atom is -0.477 e. The molecule has 1 aliphatic heterocycles. The van der Waals surface area contributed by atoms with E-state index in [2.05, 4.69) is 27.1 Å². The number of likely N-dealkylation sites (N-methyl/N-ethyl adjacent to an activating group) is 1. The number of nitrogens with zero attached hydrogens (tertiary/aromatic N) is 3. The van der Waals surface area contributed by atoms with Crippen LogP contribution in [-0.4, -0.2) is 51.6 Å². The molecule has 0 radical (unpaired) electrons. The standard InChI is InChI=1S/C12H18N4O2/c1-2-16-7-3-4-9(8-16)14-12-13-6-5-10(15-12)11(17)18/h5-6,9H,2-4,7-8H2,1H3,(H,17,18)(H,13,14,15). The van der Waals surface area contributed by atoms with Gasteiger partial charge in [0.2, 0.25) is 5.95 Å². The van der Waals surface area contributed by atoms with E-state index in [9.17, 15) is 4.79 Å². The average molecular weight is 250 g/mol. The Labute approximate surface area is 106 Å². The Morgan fingerprint density at radius 1 is 1.67 bits per heavy atom. The quantitative estimate of drug-likeness (QED) is 0.832. The molecule has 1 saturated heterocycles. The Morgan fingerprint density at radius 2 is 2.50 bits per heavy atom. The van der Waals surface area contributed by atoms with Gasteiger partial charge in [-0.3, -0.25) is 0 Å². The first-order chi connectivity index (χ1) is 8.69. The highest BCUT2D eigenvalue weighted by atomic mass is 16.4. The van der Waals surface area contributed by atoms with E-state index in [1.54, 1.807) is 0 Å².